The Kier molecular flexibility index (Phi) is 8.19. The first-order chi connectivity index (χ1) is 17.0. The van der Waals surface area contributed by atoms with Gasteiger partial charge in [0.05, 0.1) is 19.8 Å². The Bertz CT molecular complexity index is 1220. The maximum Gasteiger partial charge on any atom is 0.158 e. The van der Waals surface area contributed by atoms with Crippen molar-refractivity contribution in [2.45, 2.75) is 38.1 Å². The minimum atomic E-state index is -0.904. The maximum absolute atomic E-state index is 15.1. The number of hydrogen-bond acceptors (Lipinski definition) is 4. The third-order valence-electron chi connectivity index (χ3n) is 6.05. The third kappa shape index (κ3) is 6.09. The van der Waals surface area contributed by atoms with Crippen LogP contribution >= 0.6 is 0 Å². The minimum absolute atomic E-state index is 0.0861. The predicted molar refractivity (Wildman–Crippen MR) is 126 cm³/mol. The topological polar surface area (TPSA) is 51.5 Å². The molecule has 0 aromatic heterocycles. The second-order valence-electron chi connectivity index (χ2n) is 8.52. The standard InChI is InChI=1S/C28H26F3NO3/c1-2-11-33-22-16-34-27(35-17-22)10-5-18-4-9-23-21(12-18)8-7-20(28(23)31)6-3-19-13-25(29)24(15-32)26(30)14-19/h2,4,7-9,12-14,22,27H,1,3,5-6,10-11,16-17H2. The number of nitriles is 1. The van der Waals surface area contributed by atoms with Gasteiger partial charge in [-0.1, -0.05) is 36.4 Å². The fourth-order valence-corrected chi connectivity index (χ4v) is 4.17. The van der Waals surface area contributed by atoms with Crippen LogP contribution in [0.3, 0.4) is 0 Å². The van der Waals surface area contributed by atoms with Crippen LogP contribution in [0.2, 0.25) is 0 Å². The summed E-state index contributed by atoms with van der Waals surface area (Å²) in [7, 11) is 0. The first kappa shape index (κ1) is 24.9. The quantitative estimate of drug-likeness (QED) is 0.363. The van der Waals surface area contributed by atoms with Gasteiger partial charge in [0, 0.05) is 11.8 Å². The molecule has 0 bridgehead atoms. The van der Waals surface area contributed by atoms with Crippen molar-refractivity contribution in [2.75, 3.05) is 19.8 Å². The monoisotopic (exact) mass is 481 g/mol. The fourth-order valence-electron chi connectivity index (χ4n) is 4.17. The van der Waals surface area contributed by atoms with Crippen molar-refractivity contribution in [1.82, 2.24) is 0 Å². The number of hydrogen-bond donors (Lipinski definition) is 0. The van der Waals surface area contributed by atoms with Gasteiger partial charge in [-0.15, -0.1) is 6.58 Å². The highest BCUT2D eigenvalue weighted by Gasteiger charge is 2.22. The summed E-state index contributed by atoms with van der Waals surface area (Å²) in [6.45, 7) is 5.04. The summed E-state index contributed by atoms with van der Waals surface area (Å²) in [5.74, 6) is -2.15. The lowest BCUT2D eigenvalue weighted by atomic mass is 9.97. The van der Waals surface area contributed by atoms with Crippen molar-refractivity contribution >= 4 is 10.8 Å². The van der Waals surface area contributed by atoms with Gasteiger partial charge in [-0.3, -0.25) is 0 Å². The normalized spacial score (nSPS) is 17.9. The number of halogens is 3. The second-order valence-corrected chi connectivity index (χ2v) is 8.52. The van der Waals surface area contributed by atoms with E-state index >= 15 is 4.39 Å². The molecule has 1 aliphatic rings. The molecular weight excluding hydrogens is 455 g/mol. The molecule has 0 saturated carbocycles. The van der Waals surface area contributed by atoms with E-state index in [1.54, 1.807) is 18.2 Å². The number of ether oxygens (including phenoxy) is 3. The molecule has 1 saturated heterocycles. The first-order valence-corrected chi connectivity index (χ1v) is 11.5. The SMILES string of the molecule is C=CCOC1COC(CCc2ccc3c(F)c(CCc4cc(F)c(C#N)c(F)c4)ccc3c2)OC1. The van der Waals surface area contributed by atoms with Crippen LogP contribution in [0.15, 0.2) is 55.1 Å². The smallest absolute Gasteiger partial charge is 0.158 e. The fraction of sp³-hybridized carbons (Fsp3) is 0.321. The van der Waals surface area contributed by atoms with E-state index in [9.17, 15) is 8.78 Å². The molecule has 4 nitrogen and oxygen atoms in total. The lowest BCUT2D eigenvalue weighted by Crippen LogP contribution is -2.37. The molecule has 3 aromatic rings. The van der Waals surface area contributed by atoms with E-state index in [-0.39, 0.29) is 31.1 Å². The summed E-state index contributed by atoms with van der Waals surface area (Å²) < 4.78 is 59.8. The molecule has 0 spiro atoms. The summed E-state index contributed by atoms with van der Waals surface area (Å²) in [5.41, 5.74) is 1.28. The minimum Gasteiger partial charge on any atom is -0.369 e. The van der Waals surface area contributed by atoms with Crippen molar-refractivity contribution in [3.05, 3.63) is 94.8 Å². The molecule has 182 valence electrons. The zero-order valence-corrected chi connectivity index (χ0v) is 19.2. The number of fused-ring (bicyclic) bond motifs is 1. The zero-order chi connectivity index (χ0) is 24.8. The van der Waals surface area contributed by atoms with Crippen LogP contribution in [-0.2, 0) is 33.5 Å². The van der Waals surface area contributed by atoms with Gasteiger partial charge >= 0.3 is 0 Å². The molecular formula is C28H26F3NO3. The third-order valence-corrected chi connectivity index (χ3v) is 6.05. The van der Waals surface area contributed by atoms with Crippen LogP contribution in [0.5, 0.6) is 0 Å². The Labute approximate surface area is 202 Å². The highest BCUT2D eigenvalue weighted by Crippen LogP contribution is 2.25. The average molecular weight is 482 g/mol. The van der Waals surface area contributed by atoms with Gasteiger partial charge in [0.15, 0.2) is 6.29 Å². The van der Waals surface area contributed by atoms with Crippen molar-refractivity contribution in [2.24, 2.45) is 0 Å². The molecule has 1 aliphatic heterocycles. The van der Waals surface area contributed by atoms with Gasteiger partial charge in [0.1, 0.15) is 35.2 Å². The highest BCUT2D eigenvalue weighted by atomic mass is 19.1. The molecule has 1 fully saturated rings. The van der Waals surface area contributed by atoms with Gasteiger partial charge in [0.2, 0.25) is 0 Å². The zero-order valence-electron chi connectivity index (χ0n) is 19.2. The van der Waals surface area contributed by atoms with Crippen LogP contribution in [0.4, 0.5) is 13.2 Å². The summed E-state index contributed by atoms with van der Waals surface area (Å²) in [4.78, 5) is 0. The molecule has 0 unspecified atom stereocenters. The molecule has 0 amide bonds. The van der Waals surface area contributed by atoms with Crippen LogP contribution in [0, 0.1) is 28.8 Å². The van der Waals surface area contributed by atoms with Crippen molar-refractivity contribution in [1.29, 1.82) is 5.26 Å². The van der Waals surface area contributed by atoms with Crippen LogP contribution < -0.4 is 0 Å². The Balaban J connectivity index is 1.36. The Hall–Kier alpha value is -3.18. The summed E-state index contributed by atoms with van der Waals surface area (Å²) >= 11 is 0. The molecule has 35 heavy (non-hydrogen) atoms. The molecule has 0 aliphatic carbocycles. The van der Waals surface area contributed by atoms with Gasteiger partial charge in [-0.25, -0.2) is 13.2 Å². The number of aryl methyl sites for hydroxylation is 3. The summed E-state index contributed by atoms with van der Waals surface area (Å²) in [6.07, 6.45) is 3.23. The molecule has 3 aromatic carbocycles. The van der Waals surface area contributed by atoms with E-state index in [1.807, 2.05) is 18.2 Å². The second kappa shape index (κ2) is 11.5. The van der Waals surface area contributed by atoms with E-state index in [4.69, 9.17) is 19.5 Å². The van der Waals surface area contributed by atoms with E-state index < -0.39 is 17.2 Å². The Morgan fingerprint density at radius 2 is 1.71 bits per heavy atom. The Morgan fingerprint density at radius 3 is 2.40 bits per heavy atom. The van der Waals surface area contributed by atoms with Crippen LogP contribution in [0.1, 0.15) is 28.7 Å². The average Bonchev–Trinajstić information content (AvgIpc) is 2.86. The van der Waals surface area contributed by atoms with E-state index in [0.717, 1.165) is 29.5 Å². The predicted octanol–water partition coefficient (Wildman–Crippen LogP) is 5.79. The molecule has 4 rings (SSSR count). The van der Waals surface area contributed by atoms with E-state index in [1.165, 1.54) is 6.07 Å². The number of benzene rings is 3. The van der Waals surface area contributed by atoms with Gasteiger partial charge in [-0.05, 0) is 53.5 Å². The highest BCUT2D eigenvalue weighted by molar-refractivity contribution is 5.84. The maximum atomic E-state index is 15.1. The first-order valence-electron chi connectivity index (χ1n) is 11.5. The number of nitrogens with zero attached hydrogens (tertiary/aromatic N) is 1. The van der Waals surface area contributed by atoms with Gasteiger partial charge in [-0.2, -0.15) is 5.26 Å². The molecule has 0 N–H and O–H groups in total. The van der Waals surface area contributed by atoms with Crippen molar-refractivity contribution in [3.8, 4) is 6.07 Å². The Morgan fingerprint density at radius 1 is 0.971 bits per heavy atom. The summed E-state index contributed by atoms with van der Waals surface area (Å²) in [6, 6.07) is 12.9. The lowest BCUT2D eigenvalue weighted by molar-refractivity contribution is -0.225. The van der Waals surface area contributed by atoms with Gasteiger partial charge < -0.3 is 14.2 Å². The largest absolute Gasteiger partial charge is 0.369 e. The van der Waals surface area contributed by atoms with E-state index in [0.29, 0.717) is 42.8 Å². The van der Waals surface area contributed by atoms with E-state index in [2.05, 4.69) is 6.58 Å². The molecule has 1 heterocycles. The molecule has 7 heteroatoms. The van der Waals surface area contributed by atoms with Crippen molar-refractivity contribution in [3.63, 3.8) is 0 Å². The number of rotatable bonds is 9. The van der Waals surface area contributed by atoms with Crippen LogP contribution in [-0.4, -0.2) is 32.2 Å². The van der Waals surface area contributed by atoms with Gasteiger partial charge in [0.25, 0.3) is 0 Å². The molecule has 0 radical (unpaired) electrons. The van der Waals surface area contributed by atoms with Crippen LogP contribution in [0.25, 0.3) is 10.8 Å². The van der Waals surface area contributed by atoms with Crippen molar-refractivity contribution < 1.29 is 27.4 Å². The lowest BCUT2D eigenvalue weighted by Gasteiger charge is -2.29. The summed E-state index contributed by atoms with van der Waals surface area (Å²) in [5, 5.41) is 10.1. The molecule has 0 atom stereocenters.